The number of ether oxygens (including phenoxy) is 1. The van der Waals surface area contributed by atoms with E-state index in [1.807, 2.05) is 44.2 Å². The van der Waals surface area contributed by atoms with E-state index < -0.39 is 0 Å². The van der Waals surface area contributed by atoms with Crippen LogP contribution in [0.25, 0.3) is 0 Å². The normalized spacial score (nSPS) is 14.4. The lowest BCUT2D eigenvalue weighted by molar-refractivity contribution is -0.118. The zero-order valence-corrected chi connectivity index (χ0v) is 14.7. The quantitative estimate of drug-likeness (QED) is 0.874. The van der Waals surface area contributed by atoms with Crippen LogP contribution in [0.2, 0.25) is 0 Å². The van der Waals surface area contributed by atoms with Crippen molar-refractivity contribution in [2.24, 2.45) is 5.92 Å². The van der Waals surface area contributed by atoms with E-state index in [2.05, 4.69) is 26.6 Å². The van der Waals surface area contributed by atoms with Gasteiger partial charge in [-0.15, -0.1) is 0 Å². The molecule has 0 atom stereocenters. The highest BCUT2D eigenvalue weighted by Crippen LogP contribution is 2.28. The van der Waals surface area contributed by atoms with E-state index in [9.17, 15) is 4.79 Å². The highest BCUT2D eigenvalue weighted by atomic mass is 16.5. The Morgan fingerprint density at radius 3 is 2.60 bits per heavy atom. The standard InChI is InChI=1S/C19H24N4O2/c1-14(2)19(24)21-15-7-8-18(20-13-15)22-16-5-3-4-6-17(16)23-9-11-25-12-10-23/h3-8,13-14H,9-12H2,1-2H3,(H,20,22)(H,21,24). The summed E-state index contributed by atoms with van der Waals surface area (Å²) < 4.78 is 5.43. The van der Waals surface area contributed by atoms with Gasteiger partial charge in [0.2, 0.25) is 5.91 Å². The number of para-hydroxylation sites is 2. The summed E-state index contributed by atoms with van der Waals surface area (Å²) in [5.74, 6) is 0.668. The van der Waals surface area contributed by atoms with Gasteiger partial charge in [0.25, 0.3) is 0 Å². The fraction of sp³-hybridized carbons (Fsp3) is 0.368. The minimum Gasteiger partial charge on any atom is -0.378 e. The summed E-state index contributed by atoms with van der Waals surface area (Å²) in [6, 6.07) is 11.9. The first-order chi connectivity index (χ1) is 12.1. The average Bonchev–Trinajstić information content (AvgIpc) is 2.64. The van der Waals surface area contributed by atoms with Crippen LogP contribution >= 0.6 is 0 Å². The highest BCUT2D eigenvalue weighted by Gasteiger charge is 2.14. The monoisotopic (exact) mass is 340 g/mol. The van der Waals surface area contributed by atoms with Crippen LogP contribution in [0.3, 0.4) is 0 Å². The zero-order chi connectivity index (χ0) is 17.6. The summed E-state index contributed by atoms with van der Waals surface area (Å²) in [6.07, 6.45) is 1.67. The van der Waals surface area contributed by atoms with Crippen LogP contribution < -0.4 is 15.5 Å². The van der Waals surface area contributed by atoms with Crippen molar-refractivity contribution in [2.45, 2.75) is 13.8 Å². The predicted molar refractivity (Wildman–Crippen MR) is 100 cm³/mol. The second-order valence-corrected chi connectivity index (χ2v) is 6.32. The van der Waals surface area contributed by atoms with Crippen LogP contribution in [0.4, 0.5) is 22.9 Å². The van der Waals surface area contributed by atoms with E-state index in [1.54, 1.807) is 6.20 Å². The van der Waals surface area contributed by atoms with Crippen molar-refractivity contribution in [3.8, 4) is 0 Å². The van der Waals surface area contributed by atoms with Gasteiger partial charge in [0.1, 0.15) is 5.82 Å². The van der Waals surface area contributed by atoms with E-state index in [1.165, 1.54) is 0 Å². The van der Waals surface area contributed by atoms with Gasteiger partial charge < -0.3 is 20.3 Å². The molecule has 1 aromatic heterocycles. The fourth-order valence-electron chi connectivity index (χ4n) is 2.63. The lowest BCUT2D eigenvalue weighted by Crippen LogP contribution is -2.36. The van der Waals surface area contributed by atoms with Crippen molar-refractivity contribution in [2.75, 3.05) is 41.8 Å². The van der Waals surface area contributed by atoms with Gasteiger partial charge in [-0.2, -0.15) is 0 Å². The molecular formula is C19H24N4O2. The van der Waals surface area contributed by atoms with Crippen molar-refractivity contribution in [1.29, 1.82) is 0 Å². The molecule has 1 saturated heterocycles. The first kappa shape index (κ1) is 17.2. The number of carbonyl (C=O) groups is 1. The molecule has 1 fully saturated rings. The van der Waals surface area contributed by atoms with E-state index in [-0.39, 0.29) is 11.8 Å². The molecule has 0 unspecified atom stereocenters. The van der Waals surface area contributed by atoms with Gasteiger partial charge in [0.15, 0.2) is 0 Å². The number of benzene rings is 1. The summed E-state index contributed by atoms with van der Waals surface area (Å²) >= 11 is 0. The molecular weight excluding hydrogens is 316 g/mol. The van der Waals surface area contributed by atoms with Crippen molar-refractivity contribution < 1.29 is 9.53 Å². The SMILES string of the molecule is CC(C)C(=O)Nc1ccc(Nc2ccccc2N2CCOCC2)nc1. The molecule has 2 heterocycles. The summed E-state index contributed by atoms with van der Waals surface area (Å²) in [7, 11) is 0. The molecule has 1 amide bonds. The third-order valence-electron chi connectivity index (χ3n) is 4.07. The van der Waals surface area contributed by atoms with Crippen molar-refractivity contribution in [3.63, 3.8) is 0 Å². The second-order valence-electron chi connectivity index (χ2n) is 6.32. The van der Waals surface area contributed by atoms with Gasteiger partial charge in [0, 0.05) is 19.0 Å². The first-order valence-corrected chi connectivity index (χ1v) is 8.59. The molecule has 0 aliphatic carbocycles. The Labute approximate surface area is 148 Å². The molecule has 2 N–H and O–H groups in total. The number of hydrogen-bond donors (Lipinski definition) is 2. The Morgan fingerprint density at radius 2 is 1.92 bits per heavy atom. The maximum Gasteiger partial charge on any atom is 0.226 e. The molecule has 3 rings (SSSR count). The summed E-state index contributed by atoms with van der Waals surface area (Å²) in [6.45, 7) is 6.98. The molecule has 132 valence electrons. The van der Waals surface area contributed by atoms with Crippen molar-refractivity contribution >= 4 is 28.8 Å². The molecule has 6 nitrogen and oxygen atoms in total. The number of hydrogen-bond acceptors (Lipinski definition) is 5. The number of aromatic nitrogens is 1. The van der Waals surface area contributed by atoms with Crippen LogP contribution in [-0.2, 0) is 9.53 Å². The lowest BCUT2D eigenvalue weighted by atomic mass is 10.2. The molecule has 2 aromatic rings. The Balaban J connectivity index is 1.71. The molecule has 0 spiro atoms. The van der Waals surface area contributed by atoms with Crippen LogP contribution in [0.15, 0.2) is 42.6 Å². The van der Waals surface area contributed by atoms with E-state index >= 15 is 0 Å². The minimum absolute atomic E-state index is 0.0137. The molecule has 1 aromatic carbocycles. The maximum atomic E-state index is 11.7. The van der Waals surface area contributed by atoms with E-state index in [0.29, 0.717) is 5.69 Å². The van der Waals surface area contributed by atoms with Crippen LogP contribution in [-0.4, -0.2) is 37.2 Å². The fourth-order valence-corrected chi connectivity index (χ4v) is 2.63. The Bertz CT molecular complexity index is 710. The van der Waals surface area contributed by atoms with Gasteiger partial charge in [-0.3, -0.25) is 4.79 Å². The molecule has 0 saturated carbocycles. The molecule has 0 radical (unpaired) electrons. The van der Waals surface area contributed by atoms with Crippen molar-refractivity contribution in [1.82, 2.24) is 4.98 Å². The number of nitrogens with zero attached hydrogens (tertiary/aromatic N) is 2. The van der Waals surface area contributed by atoms with Crippen LogP contribution in [0.1, 0.15) is 13.8 Å². The topological polar surface area (TPSA) is 66.5 Å². The predicted octanol–water partition coefficient (Wildman–Crippen LogP) is 3.26. The number of carbonyl (C=O) groups excluding carboxylic acids is 1. The number of nitrogens with one attached hydrogen (secondary N) is 2. The van der Waals surface area contributed by atoms with Crippen molar-refractivity contribution in [3.05, 3.63) is 42.6 Å². The van der Waals surface area contributed by atoms with Gasteiger partial charge in [0.05, 0.1) is 36.5 Å². The van der Waals surface area contributed by atoms with Crippen LogP contribution in [0.5, 0.6) is 0 Å². The third kappa shape index (κ3) is 4.48. The van der Waals surface area contributed by atoms with Gasteiger partial charge in [-0.25, -0.2) is 4.98 Å². The number of morpholine rings is 1. The van der Waals surface area contributed by atoms with E-state index in [0.717, 1.165) is 43.5 Å². The largest absolute Gasteiger partial charge is 0.378 e. The Kier molecular flexibility index (Phi) is 5.50. The average molecular weight is 340 g/mol. The van der Waals surface area contributed by atoms with Gasteiger partial charge in [-0.1, -0.05) is 26.0 Å². The maximum absolute atomic E-state index is 11.7. The zero-order valence-electron chi connectivity index (χ0n) is 14.7. The highest BCUT2D eigenvalue weighted by molar-refractivity contribution is 5.92. The smallest absolute Gasteiger partial charge is 0.226 e. The van der Waals surface area contributed by atoms with Gasteiger partial charge in [-0.05, 0) is 24.3 Å². The second kappa shape index (κ2) is 7.98. The number of pyridine rings is 1. The number of rotatable bonds is 5. The molecule has 1 aliphatic heterocycles. The molecule has 25 heavy (non-hydrogen) atoms. The lowest BCUT2D eigenvalue weighted by Gasteiger charge is -2.30. The summed E-state index contributed by atoms with van der Waals surface area (Å²) in [5.41, 5.74) is 2.85. The Morgan fingerprint density at radius 1 is 1.16 bits per heavy atom. The third-order valence-corrected chi connectivity index (χ3v) is 4.07. The minimum atomic E-state index is -0.0572. The van der Waals surface area contributed by atoms with E-state index in [4.69, 9.17) is 4.74 Å². The molecule has 6 heteroatoms. The summed E-state index contributed by atoms with van der Waals surface area (Å²) in [5, 5.41) is 6.21. The summed E-state index contributed by atoms with van der Waals surface area (Å²) in [4.78, 5) is 18.4. The molecule has 1 aliphatic rings. The Hall–Kier alpha value is -2.60. The number of amides is 1. The number of anilines is 4. The first-order valence-electron chi connectivity index (χ1n) is 8.59. The molecule has 0 bridgehead atoms. The van der Waals surface area contributed by atoms with Gasteiger partial charge >= 0.3 is 0 Å². The van der Waals surface area contributed by atoms with Crippen LogP contribution in [0, 0.1) is 5.92 Å².